The number of amides is 1. The van der Waals surface area contributed by atoms with Crippen molar-refractivity contribution in [2.45, 2.75) is 19.4 Å². The summed E-state index contributed by atoms with van der Waals surface area (Å²) in [4.78, 5) is 13.3. The fraction of sp³-hybridized carbons (Fsp3) is 0.462. The van der Waals surface area contributed by atoms with Crippen molar-refractivity contribution in [3.8, 4) is 5.75 Å². The fourth-order valence-corrected chi connectivity index (χ4v) is 1.60. The zero-order valence-electron chi connectivity index (χ0n) is 10.3. The lowest BCUT2D eigenvalue weighted by Gasteiger charge is -2.18. The maximum Gasteiger partial charge on any atom is 0.222 e. The number of carbonyl (C=O) groups is 1. The second-order valence-corrected chi connectivity index (χ2v) is 3.89. The number of benzene rings is 1. The third kappa shape index (κ3) is 4.07. The molecule has 1 N–H and O–H groups in total. The third-order valence-electron chi connectivity index (χ3n) is 2.57. The van der Waals surface area contributed by atoms with E-state index in [1.54, 1.807) is 19.1 Å². The topological polar surface area (TPSA) is 49.8 Å². The molecular weight excluding hydrogens is 218 g/mol. The van der Waals surface area contributed by atoms with E-state index in [0.717, 1.165) is 11.3 Å². The van der Waals surface area contributed by atoms with Gasteiger partial charge in [0.2, 0.25) is 5.91 Å². The number of hydrogen-bond donors (Lipinski definition) is 1. The zero-order chi connectivity index (χ0) is 12.7. The van der Waals surface area contributed by atoms with Gasteiger partial charge in [0.15, 0.2) is 0 Å². The molecule has 0 unspecified atom stereocenters. The first-order valence-electron chi connectivity index (χ1n) is 5.65. The molecule has 1 rings (SSSR count). The van der Waals surface area contributed by atoms with E-state index in [9.17, 15) is 4.79 Å². The summed E-state index contributed by atoms with van der Waals surface area (Å²) in [7, 11) is 3.37. The highest BCUT2D eigenvalue weighted by molar-refractivity contribution is 5.75. The molecule has 17 heavy (non-hydrogen) atoms. The standard InChI is InChI=1S/C13H19NO3/c1-14(13(16)8-5-9-15)10-11-6-3-4-7-12(11)17-2/h3-4,6-7,15H,5,8-10H2,1-2H3. The SMILES string of the molecule is COc1ccccc1CN(C)C(=O)CCCO. The van der Waals surface area contributed by atoms with Crippen LogP contribution >= 0.6 is 0 Å². The van der Waals surface area contributed by atoms with Crippen molar-refractivity contribution in [3.05, 3.63) is 29.8 Å². The molecule has 0 aliphatic carbocycles. The van der Waals surface area contributed by atoms with Crippen LogP contribution in [0.4, 0.5) is 0 Å². The minimum atomic E-state index is 0.0324. The first-order chi connectivity index (χ1) is 8.19. The Kier molecular flexibility index (Phi) is 5.49. The Hall–Kier alpha value is -1.55. The van der Waals surface area contributed by atoms with Crippen LogP contribution in [-0.2, 0) is 11.3 Å². The Balaban J connectivity index is 2.60. The average Bonchev–Trinajstić information content (AvgIpc) is 2.36. The molecule has 0 aromatic heterocycles. The number of aliphatic hydroxyl groups excluding tert-OH is 1. The monoisotopic (exact) mass is 237 g/mol. The number of aliphatic hydroxyl groups is 1. The lowest BCUT2D eigenvalue weighted by molar-refractivity contribution is -0.130. The number of ether oxygens (including phenoxy) is 1. The molecule has 4 nitrogen and oxygen atoms in total. The second-order valence-electron chi connectivity index (χ2n) is 3.89. The highest BCUT2D eigenvalue weighted by Crippen LogP contribution is 2.18. The van der Waals surface area contributed by atoms with Crippen LogP contribution in [0.1, 0.15) is 18.4 Å². The number of hydrogen-bond acceptors (Lipinski definition) is 3. The first kappa shape index (κ1) is 13.5. The van der Waals surface area contributed by atoms with Crippen molar-refractivity contribution in [2.24, 2.45) is 0 Å². The van der Waals surface area contributed by atoms with Crippen molar-refractivity contribution in [3.63, 3.8) is 0 Å². The van der Waals surface area contributed by atoms with Crippen molar-refractivity contribution >= 4 is 5.91 Å². The number of carbonyl (C=O) groups excluding carboxylic acids is 1. The van der Waals surface area contributed by atoms with Gasteiger partial charge in [-0.2, -0.15) is 0 Å². The van der Waals surface area contributed by atoms with E-state index < -0.39 is 0 Å². The predicted molar refractivity (Wildman–Crippen MR) is 65.8 cm³/mol. The van der Waals surface area contributed by atoms with Gasteiger partial charge in [0.1, 0.15) is 5.75 Å². The summed E-state index contributed by atoms with van der Waals surface area (Å²) in [6.45, 7) is 0.572. The molecule has 0 aliphatic rings. The van der Waals surface area contributed by atoms with Crippen LogP contribution in [0.2, 0.25) is 0 Å². The molecular formula is C13H19NO3. The van der Waals surface area contributed by atoms with E-state index in [-0.39, 0.29) is 12.5 Å². The molecule has 1 amide bonds. The predicted octanol–water partition coefficient (Wildman–Crippen LogP) is 1.43. The maximum atomic E-state index is 11.7. The molecule has 0 saturated heterocycles. The minimum Gasteiger partial charge on any atom is -0.496 e. The average molecular weight is 237 g/mol. The van der Waals surface area contributed by atoms with Gasteiger partial charge in [-0.3, -0.25) is 4.79 Å². The normalized spacial score (nSPS) is 10.1. The summed E-state index contributed by atoms with van der Waals surface area (Å²) in [5.74, 6) is 0.819. The molecule has 0 fully saturated rings. The lowest BCUT2D eigenvalue weighted by Crippen LogP contribution is -2.26. The van der Waals surface area contributed by atoms with E-state index in [1.807, 2.05) is 24.3 Å². The molecule has 1 aromatic rings. The van der Waals surface area contributed by atoms with Crippen LogP contribution in [0.5, 0.6) is 5.75 Å². The van der Waals surface area contributed by atoms with Crippen LogP contribution in [0.3, 0.4) is 0 Å². The van der Waals surface area contributed by atoms with Gasteiger partial charge in [-0.25, -0.2) is 0 Å². The van der Waals surface area contributed by atoms with Crippen molar-refractivity contribution < 1.29 is 14.6 Å². The van der Waals surface area contributed by atoms with E-state index in [0.29, 0.717) is 19.4 Å². The maximum absolute atomic E-state index is 11.7. The summed E-state index contributed by atoms with van der Waals surface area (Å²) >= 11 is 0. The van der Waals surface area contributed by atoms with Crippen molar-refractivity contribution in [2.75, 3.05) is 20.8 Å². The number of para-hydroxylation sites is 1. The minimum absolute atomic E-state index is 0.0324. The summed E-state index contributed by atoms with van der Waals surface area (Å²) < 4.78 is 5.23. The van der Waals surface area contributed by atoms with Crippen molar-refractivity contribution in [1.82, 2.24) is 4.90 Å². The summed E-state index contributed by atoms with van der Waals surface area (Å²) in [6, 6.07) is 7.63. The largest absolute Gasteiger partial charge is 0.496 e. The number of rotatable bonds is 6. The van der Waals surface area contributed by atoms with Crippen LogP contribution in [0.15, 0.2) is 24.3 Å². The highest BCUT2D eigenvalue weighted by atomic mass is 16.5. The molecule has 0 heterocycles. The molecule has 0 aliphatic heterocycles. The van der Waals surface area contributed by atoms with Gasteiger partial charge in [0.25, 0.3) is 0 Å². The number of methoxy groups -OCH3 is 1. The van der Waals surface area contributed by atoms with Crippen LogP contribution in [0.25, 0.3) is 0 Å². The van der Waals surface area contributed by atoms with Crippen molar-refractivity contribution in [1.29, 1.82) is 0 Å². The van der Waals surface area contributed by atoms with Crippen LogP contribution < -0.4 is 4.74 Å². The van der Waals surface area contributed by atoms with Gasteiger partial charge in [0, 0.05) is 32.2 Å². The van der Waals surface area contributed by atoms with E-state index >= 15 is 0 Å². The van der Waals surface area contributed by atoms with E-state index in [1.165, 1.54) is 0 Å². The van der Waals surface area contributed by atoms with Gasteiger partial charge < -0.3 is 14.7 Å². The molecule has 0 saturated carbocycles. The molecule has 1 aromatic carbocycles. The summed E-state index contributed by atoms with van der Waals surface area (Å²) in [5, 5.41) is 8.68. The van der Waals surface area contributed by atoms with E-state index in [2.05, 4.69) is 0 Å². The molecule has 4 heteroatoms. The van der Waals surface area contributed by atoms with Gasteiger partial charge in [-0.15, -0.1) is 0 Å². The zero-order valence-corrected chi connectivity index (χ0v) is 10.3. The summed E-state index contributed by atoms with van der Waals surface area (Å²) in [6.07, 6.45) is 0.886. The van der Waals surface area contributed by atoms with Crippen LogP contribution in [-0.4, -0.2) is 36.7 Å². The second kappa shape index (κ2) is 6.91. The molecule has 0 radical (unpaired) electrons. The Morgan fingerprint density at radius 1 is 1.41 bits per heavy atom. The smallest absolute Gasteiger partial charge is 0.222 e. The number of nitrogens with zero attached hydrogens (tertiary/aromatic N) is 1. The van der Waals surface area contributed by atoms with Crippen LogP contribution in [0, 0.1) is 0 Å². The Labute approximate surface area is 102 Å². The fourth-order valence-electron chi connectivity index (χ4n) is 1.60. The van der Waals surface area contributed by atoms with E-state index in [4.69, 9.17) is 9.84 Å². The van der Waals surface area contributed by atoms with Gasteiger partial charge >= 0.3 is 0 Å². The van der Waals surface area contributed by atoms with Gasteiger partial charge in [-0.05, 0) is 12.5 Å². The lowest BCUT2D eigenvalue weighted by atomic mass is 10.2. The molecule has 0 bridgehead atoms. The highest BCUT2D eigenvalue weighted by Gasteiger charge is 2.10. The molecule has 0 atom stereocenters. The third-order valence-corrected chi connectivity index (χ3v) is 2.57. The van der Waals surface area contributed by atoms with Gasteiger partial charge in [0.05, 0.1) is 7.11 Å². The Morgan fingerprint density at radius 3 is 2.76 bits per heavy atom. The van der Waals surface area contributed by atoms with Gasteiger partial charge in [-0.1, -0.05) is 18.2 Å². The Morgan fingerprint density at radius 2 is 2.12 bits per heavy atom. The quantitative estimate of drug-likeness (QED) is 0.814. The Bertz CT molecular complexity index is 365. The summed E-state index contributed by atoms with van der Waals surface area (Å²) in [5.41, 5.74) is 0.981. The molecule has 0 spiro atoms. The first-order valence-corrected chi connectivity index (χ1v) is 5.65. The molecule has 94 valence electrons.